The molecule has 3 nitrogen and oxygen atoms in total. The molecule has 1 heterocycles. The molecule has 0 saturated carbocycles. The molecule has 1 fully saturated rings. The minimum atomic E-state index is -0.277. The van der Waals surface area contributed by atoms with Gasteiger partial charge in [-0.3, -0.25) is 0 Å². The molecule has 0 bridgehead atoms. The topological polar surface area (TPSA) is 32.3 Å². The van der Waals surface area contributed by atoms with Crippen LogP contribution >= 0.6 is 11.6 Å². The van der Waals surface area contributed by atoms with Crippen LogP contribution in [0.1, 0.15) is 42.9 Å². The Morgan fingerprint density at radius 3 is 2.64 bits per heavy atom. The van der Waals surface area contributed by atoms with E-state index in [2.05, 4.69) is 5.32 Å². The summed E-state index contributed by atoms with van der Waals surface area (Å²) in [6, 6.07) is 13.8. The first kappa shape index (κ1) is 17.7. The van der Waals surface area contributed by atoms with Crippen LogP contribution in [-0.2, 0) is 6.54 Å². The maximum atomic E-state index is 13.0. The molecule has 2 amide bonds. The third-order valence-corrected chi connectivity index (χ3v) is 4.98. The van der Waals surface area contributed by atoms with Crippen LogP contribution in [0.5, 0.6) is 0 Å². The number of amides is 2. The van der Waals surface area contributed by atoms with Crippen molar-refractivity contribution in [3.05, 3.63) is 70.5 Å². The average molecular weight is 361 g/mol. The van der Waals surface area contributed by atoms with Crippen molar-refractivity contribution < 1.29 is 9.18 Å². The highest BCUT2D eigenvalue weighted by Gasteiger charge is 2.27. The maximum absolute atomic E-state index is 13.0. The fourth-order valence-corrected chi connectivity index (χ4v) is 3.56. The van der Waals surface area contributed by atoms with Gasteiger partial charge in [0.25, 0.3) is 0 Å². The quantitative estimate of drug-likeness (QED) is 0.790. The second kappa shape index (κ2) is 8.34. The molecule has 3 rings (SSSR count). The van der Waals surface area contributed by atoms with Crippen molar-refractivity contribution >= 4 is 17.6 Å². The van der Waals surface area contributed by atoms with Crippen LogP contribution in [0.4, 0.5) is 9.18 Å². The number of rotatable bonds is 3. The standard InChI is InChI=1S/C20H22ClFN2O/c21-18-7-4-3-6-17(18)19-8-2-1-5-13-24(19)20(25)23-14-15-9-11-16(22)12-10-15/h3-4,6-7,9-12,19H,1-2,5,8,13-14H2,(H,23,25)/t19-/m1/s1. The van der Waals surface area contributed by atoms with E-state index in [1.54, 1.807) is 12.1 Å². The predicted octanol–water partition coefficient (Wildman–Crippen LogP) is 5.31. The number of benzene rings is 2. The summed E-state index contributed by atoms with van der Waals surface area (Å²) in [7, 11) is 0. The first-order valence-electron chi connectivity index (χ1n) is 8.68. The second-order valence-electron chi connectivity index (χ2n) is 6.37. The Morgan fingerprint density at radius 2 is 1.88 bits per heavy atom. The smallest absolute Gasteiger partial charge is 0.318 e. The van der Waals surface area contributed by atoms with Crippen LogP contribution in [-0.4, -0.2) is 17.5 Å². The number of hydrogen-bond acceptors (Lipinski definition) is 1. The monoisotopic (exact) mass is 360 g/mol. The Morgan fingerprint density at radius 1 is 1.12 bits per heavy atom. The highest BCUT2D eigenvalue weighted by molar-refractivity contribution is 6.31. The lowest BCUT2D eigenvalue weighted by Gasteiger charge is -2.31. The molecule has 1 N–H and O–H groups in total. The lowest BCUT2D eigenvalue weighted by atomic mass is 10.0. The van der Waals surface area contributed by atoms with Gasteiger partial charge in [0.15, 0.2) is 0 Å². The summed E-state index contributed by atoms with van der Waals surface area (Å²) < 4.78 is 13.0. The van der Waals surface area contributed by atoms with Crippen LogP contribution in [0.25, 0.3) is 0 Å². The summed E-state index contributed by atoms with van der Waals surface area (Å²) in [5.41, 5.74) is 1.88. The number of hydrogen-bond donors (Lipinski definition) is 1. The average Bonchev–Trinajstić information content (AvgIpc) is 2.87. The minimum absolute atomic E-state index is 0.00980. The molecule has 0 spiro atoms. The maximum Gasteiger partial charge on any atom is 0.318 e. The lowest BCUT2D eigenvalue weighted by molar-refractivity contribution is 0.175. The number of urea groups is 1. The van der Waals surface area contributed by atoms with Crippen LogP contribution in [0.3, 0.4) is 0 Å². The van der Waals surface area contributed by atoms with E-state index in [4.69, 9.17) is 11.6 Å². The van der Waals surface area contributed by atoms with Gasteiger partial charge >= 0.3 is 6.03 Å². The number of likely N-dealkylation sites (tertiary alicyclic amines) is 1. The summed E-state index contributed by atoms with van der Waals surface area (Å²) in [5.74, 6) is -0.277. The van der Waals surface area contributed by atoms with Gasteiger partial charge in [0.1, 0.15) is 5.82 Å². The molecule has 25 heavy (non-hydrogen) atoms. The molecule has 0 radical (unpaired) electrons. The van der Waals surface area contributed by atoms with Gasteiger partial charge in [0, 0.05) is 18.1 Å². The fourth-order valence-electron chi connectivity index (χ4n) is 3.30. The van der Waals surface area contributed by atoms with E-state index in [1.165, 1.54) is 12.1 Å². The Balaban J connectivity index is 1.73. The molecule has 2 aromatic rings. The van der Waals surface area contributed by atoms with Crippen molar-refractivity contribution in [2.24, 2.45) is 0 Å². The number of nitrogens with zero attached hydrogens (tertiary/aromatic N) is 1. The van der Waals surface area contributed by atoms with E-state index in [-0.39, 0.29) is 17.9 Å². The number of carbonyl (C=O) groups excluding carboxylic acids is 1. The molecule has 1 aliphatic heterocycles. The van der Waals surface area contributed by atoms with E-state index >= 15 is 0 Å². The first-order chi connectivity index (χ1) is 12.1. The van der Waals surface area contributed by atoms with Crippen molar-refractivity contribution in [3.8, 4) is 0 Å². The first-order valence-corrected chi connectivity index (χ1v) is 9.06. The SMILES string of the molecule is O=C(NCc1ccc(F)cc1)N1CCCCC[C@@H]1c1ccccc1Cl. The summed E-state index contributed by atoms with van der Waals surface area (Å²) in [4.78, 5) is 14.7. The Hall–Kier alpha value is -2.07. The highest BCUT2D eigenvalue weighted by atomic mass is 35.5. The molecule has 1 atom stereocenters. The third-order valence-electron chi connectivity index (χ3n) is 4.63. The van der Waals surface area contributed by atoms with Gasteiger partial charge in [0.2, 0.25) is 0 Å². The largest absolute Gasteiger partial charge is 0.334 e. The Labute approximate surface area is 152 Å². The van der Waals surface area contributed by atoms with Gasteiger partial charge in [0.05, 0.1) is 6.04 Å². The molecule has 5 heteroatoms. The zero-order chi connectivity index (χ0) is 17.6. The van der Waals surface area contributed by atoms with Gasteiger partial charge in [-0.15, -0.1) is 0 Å². The Kier molecular flexibility index (Phi) is 5.92. The van der Waals surface area contributed by atoms with Gasteiger partial charge < -0.3 is 10.2 Å². The van der Waals surface area contributed by atoms with Gasteiger partial charge in [-0.05, 0) is 42.2 Å². The number of nitrogens with one attached hydrogen (secondary N) is 1. The van der Waals surface area contributed by atoms with Crippen LogP contribution in [0.2, 0.25) is 5.02 Å². The zero-order valence-corrected chi connectivity index (χ0v) is 14.8. The van der Waals surface area contributed by atoms with Crippen LogP contribution < -0.4 is 5.32 Å². The van der Waals surface area contributed by atoms with E-state index in [1.807, 2.05) is 29.2 Å². The molecule has 132 valence electrons. The Bertz CT molecular complexity index is 720. The molecule has 1 aliphatic rings. The predicted molar refractivity (Wildman–Crippen MR) is 98.0 cm³/mol. The second-order valence-corrected chi connectivity index (χ2v) is 6.77. The van der Waals surface area contributed by atoms with Gasteiger partial charge in [-0.2, -0.15) is 0 Å². The van der Waals surface area contributed by atoms with Crippen molar-refractivity contribution in [2.75, 3.05) is 6.54 Å². The number of carbonyl (C=O) groups is 1. The fraction of sp³-hybridized carbons (Fsp3) is 0.350. The van der Waals surface area contributed by atoms with Crippen LogP contribution in [0, 0.1) is 5.82 Å². The highest BCUT2D eigenvalue weighted by Crippen LogP contribution is 2.34. The van der Waals surface area contributed by atoms with E-state index in [0.717, 1.165) is 36.8 Å². The van der Waals surface area contributed by atoms with Gasteiger partial charge in [-0.25, -0.2) is 9.18 Å². The zero-order valence-electron chi connectivity index (χ0n) is 14.1. The molecule has 2 aromatic carbocycles. The molecular formula is C20H22ClFN2O. The van der Waals surface area contributed by atoms with Crippen molar-refractivity contribution in [2.45, 2.75) is 38.3 Å². The molecule has 0 aliphatic carbocycles. The minimum Gasteiger partial charge on any atom is -0.334 e. The molecule has 1 saturated heterocycles. The third kappa shape index (κ3) is 4.51. The van der Waals surface area contributed by atoms with Crippen LogP contribution in [0.15, 0.2) is 48.5 Å². The van der Waals surface area contributed by atoms with E-state index in [9.17, 15) is 9.18 Å². The number of halogens is 2. The van der Waals surface area contributed by atoms with E-state index < -0.39 is 0 Å². The molecular weight excluding hydrogens is 339 g/mol. The van der Waals surface area contributed by atoms with E-state index in [0.29, 0.717) is 18.1 Å². The molecule has 0 unspecified atom stereocenters. The van der Waals surface area contributed by atoms with Crippen molar-refractivity contribution in [1.82, 2.24) is 10.2 Å². The normalized spacial score (nSPS) is 17.8. The lowest BCUT2D eigenvalue weighted by Crippen LogP contribution is -2.42. The van der Waals surface area contributed by atoms with Gasteiger partial charge in [-0.1, -0.05) is 54.8 Å². The van der Waals surface area contributed by atoms with Crippen molar-refractivity contribution in [3.63, 3.8) is 0 Å². The summed E-state index contributed by atoms with van der Waals surface area (Å²) in [5, 5.41) is 3.66. The summed E-state index contributed by atoms with van der Waals surface area (Å²) in [6.07, 6.45) is 4.10. The van der Waals surface area contributed by atoms with Crippen molar-refractivity contribution in [1.29, 1.82) is 0 Å². The molecule has 0 aromatic heterocycles. The summed E-state index contributed by atoms with van der Waals surface area (Å²) in [6.45, 7) is 1.09. The summed E-state index contributed by atoms with van der Waals surface area (Å²) >= 11 is 6.37.